The van der Waals surface area contributed by atoms with Gasteiger partial charge in [-0.3, -0.25) is 4.90 Å². The van der Waals surface area contributed by atoms with Gasteiger partial charge in [-0.25, -0.2) is 0 Å². The van der Waals surface area contributed by atoms with E-state index in [9.17, 15) is 0 Å². The van der Waals surface area contributed by atoms with Crippen LogP contribution in [0, 0.1) is 11.8 Å². The Kier molecular flexibility index (Phi) is 3.91. The first-order valence-electron chi connectivity index (χ1n) is 7.18. The molecule has 3 atom stereocenters. The van der Waals surface area contributed by atoms with Crippen molar-refractivity contribution in [3.63, 3.8) is 0 Å². The molecule has 0 radical (unpaired) electrons. The van der Waals surface area contributed by atoms with Gasteiger partial charge in [-0.15, -0.1) is 0 Å². The third kappa shape index (κ3) is 2.02. The first kappa shape index (κ1) is 12.4. The molecule has 2 heteroatoms. The van der Waals surface area contributed by atoms with E-state index < -0.39 is 0 Å². The lowest BCUT2D eigenvalue weighted by molar-refractivity contribution is 0.0193. The van der Waals surface area contributed by atoms with Crippen molar-refractivity contribution in [2.24, 2.45) is 17.6 Å². The lowest BCUT2D eigenvalue weighted by Crippen LogP contribution is -2.59. The molecule has 0 aromatic carbocycles. The van der Waals surface area contributed by atoms with Crippen LogP contribution < -0.4 is 5.73 Å². The maximum absolute atomic E-state index is 6.19. The van der Waals surface area contributed by atoms with E-state index in [1.165, 1.54) is 51.6 Å². The van der Waals surface area contributed by atoms with Crippen molar-refractivity contribution in [1.29, 1.82) is 0 Å². The Morgan fingerprint density at radius 3 is 2.69 bits per heavy atom. The molecule has 2 rings (SSSR count). The summed E-state index contributed by atoms with van der Waals surface area (Å²) in [7, 11) is 0. The molecule has 1 aliphatic carbocycles. The highest BCUT2D eigenvalue weighted by atomic mass is 15.2. The zero-order chi connectivity index (χ0) is 11.6. The number of likely N-dealkylation sites (tertiary alicyclic amines) is 1. The standard InChI is InChI=1S/C14H28N2/c1-3-13-6-4-5-8-14(13,11-15)16-9-7-12(2)10-16/h12-13H,3-11,15H2,1-2H3. The molecule has 1 saturated heterocycles. The highest BCUT2D eigenvalue weighted by Crippen LogP contribution is 2.41. The number of hydrogen-bond donors (Lipinski definition) is 1. The fourth-order valence-electron chi connectivity index (χ4n) is 4.03. The fraction of sp³-hybridized carbons (Fsp3) is 1.00. The van der Waals surface area contributed by atoms with Gasteiger partial charge >= 0.3 is 0 Å². The predicted octanol–water partition coefficient (Wildman–Crippen LogP) is 2.63. The number of nitrogens with two attached hydrogens (primary N) is 1. The second-order valence-corrected chi connectivity index (χ2v) is 6.00. The molecule has 16 heavy (non-hydrogen) atoms. The Morgan fingerprint density at radius 1 is 1.31 bits per heavy atom. The Morgan fingerprint density at radius 2 is 2.12 bits per heavy atom. The molecular weight excluding hydrogens is 196 g/mol. The van der Waals surface area contributed by atoms with Gasteiger partial charge in [0.25, 0.3) is 0 Å². The maximum Gasteiger partial charge on any atom is 0.0359 e. The summed E-state index contributed by atoms with van der Waals surface area (Å²) in [6.45, 7) is 8.18. The monoisotopic (exact) mass is 224 g/mol. The molecule has 0 amide bonds. The molecule has 3 unspecified atom stereocenters. The molecule has 2 N–H and O–H groups in total. The van der Waals surface area contributed by atoms with Gasteiger partial charge in [0.2, 0.25) is 0 Å². The second-order valence-electron chi connectivity index (χ2n) is 6.00. The zero-order valence-corrected chi connectivity index (χ0v) is 11.0. The van der Waals surface area contributed by atoms with Gasteiger partial charge in [0.1, 0.15) is 0 Å². The summed E-state index contributed by atoms with van der Waals surface area (Å²) >= 11 is 0. The molecule has 0 aromatic rings. The first-order valence-corrected chi connectivity index (χ1v) is 7.18. The summed E-state index contributed by atoms with van der Waals surface area (Å²) in [6, 6.07) is 0. The van der Waals surface area contributed by atoms with Crippen LogP contribution in [0.15, 0.2) is 0 Å². The molecule has 1 heterocycles. The maximum atomic E-state index is 6.19. The van der Waals surface area contributed by atoms with Gasteiger partial charge in [-0.1, -0.05) is 33.1 Å². The number of hydrogen-bond acceptors (Lipinski definition) is 2. The van der Waals surface area contributed by atoms with Crippen LogP contribution in [0.1, 0.15) is 52.4 Å². The average Bonchev–Trinajstić information content (AvgIpc) is 2.76. The third-order valence-electron chi connectivity index (χ3n) is 5.07. The summed E-state index contributed by atoms with van der Waals surface area (Å²) < 4.78 is 0. The molecular formula is C14H28N2. The highest BCUT2D eigenvalue weighted by molar-refractivity contribution is 5.01. The van der Waals surface area contributed by atoms with Gasteiger partial charge in [-0.2, -0.15) is 0 Å². The lowest BCUT2D eigenvalue weighted by atomic mass is 9.70. The van der Waals surface area contributed by atoms with Crippen LogP contribution in [0.4, 0.5) is 0 Å². The van der Waals surface area contributed by atoms with Crippen molar-refractivity contribution >= 4 is 0 Å². The van der Waals surface area contributed by atoms with E-state index in [2.05, 4.69) is 18.7 Å². The first-order chi connectivity index (χ1) is 7.73. The largest absolute Gasteiger partial charge is 0.329 e. The Bertz CT molecular complexity index is 229. The molecule has 0 spiro atoms. The molecule has 1 saturated carbocycles. The van der Waals surface area contributed by atoms with Gasteiger partial charge < -0.3 is 5.73 Å². The van der Waals surface area contributed by atoms with Crippen molar-refractivity contribution in [2.45, 2.75) is 57.9 Å². The molecule has 1 aliphatic heterocycles. The topological polar surface area (TPSA) is 29.3 Å². The van der Waals surface area contributed by atoms with Crippen LogP contribution >= 0.6 is 0 Å². The van der Waals surface area contributed by atoms with Gasteiger partial charge in [0.15, 0.2) is 0 Å². The van der Waals surface area contributed by atoms with Crippen LogP contribution in [0.25, 0.3) is 0 Å². The number of nitrogens with zero attached hydrogens (tertiary/aromatic N) is 1. The summed E-state index contributed by atoms with van der Waals surface area (Å²) in [4.78, 5) is 2.74. The van der Waals surface area contributed by atoms with Gasteiger partial charge in [-0.05, 0) is 37.6 Å². The molecule has 2 nitrogen and oxygen atoms in total. The zero-order valence-electron chi connectivity index (χ0n) is 11.0. The van der Waals surface area contributed by atoms with Crippen LogP contribution in [-0.2, 0) is 0 Å². The van der Waals surface area contributed by atoms with E-state index in [-0.39, 0.29) is 0 Å². The Hall–Kier alpha value is -0.0800. The average molecular weight is 224 g/mol. The molecule has 2 fully saturated rings. The minimum atomic E-state index is 0.359. The fourth-order valence-corrected chi connectivity index (χ4v) is 4.03. The minimum Gasteiger partial charge on any atom is -0.329 e. The molecule has 2 aliphatic rings. The van der Waals surface area contributed by atoms with E-state index in [1.54, 1.807) is 0 Å². The normalized spacial score (nSPS) is 41.4. The van der Waals surface area contributed by atoms with Gasteiger partial charge in [0, 0.05) is 18.6 Å². The van der Waals surface area contributed by atoms with Crippen LogP contribution in [0.3, 0.4) is 0 Å². The smallest absolute Gasteiger partial charge is 0.0359 e. The molecule has 94 valence electrons. The van der Waals surface area contributed by atoms with Crippen LogP contribution in [0.2, 0.25) is 0 Å². The van der Waals surface area contributed by atoms with Crippen molar-refractivity contribution in [3.8, 4) is 0 Å². The Labute approximate surface area is 101 Å². The van der Waals surface area contributed by atoms with E-state index in [4.69, 9.17) is 5.73 Å². The number of rotatable bonds is 3. The van der Waals surface area contributed by atoms with Crippen molar-refractivity contribution in [2.75, 3.05) is 19.6 Å². The minimum absolute atomic E-state index is 0.359. The summed E-state index contributed by atoms with van der Waals surface area (Å²) in [6.07, 6.45) is 8.23. The predicted molar refractivity (Wildman–Crippen MR) is 69.4 cm³/mol. The van der Waals surface area contributed by atoms with Crippen molar-refractivity contribution in [1.82, 2.24) is 4.90 Å². The lowest BCUT2D eigenvalue weighted by Gasteiger charge is -2.50. The Balaban J connectivity index is 2.15. The third-order valence-corrected chi connectivity index (χ3v) is 5.07. The SMILES string of the molecule is CCC1CCCCC1(CN)N1CCC(C)C1. The summed E-state index contributed by atoms with van der Waals surface area (Å²) in [5.41, 5.74) is 6.55. The van der Waals surface area contributed by atoms with E-state index in [0.717, 1.165) is 18.4 Å². The highest BCUT2D eigenvalue weighted by Gasteiger charge is 2.44. The quantitative estimate of drug-likeness (QED) is 0.798. The molecule has 0 bridgehead atoms. The second kappa shape index (κ2) is 5.05. The van der Waals surface area contributed by atoms with E-state index in [0.29, 0.717) is 5.54 Å². The van der Waals surface area contributed by atoms with Gasteiger partial charge in [0.05, 0.1) is 0 Å². The van der Waals surface area contributed by atoms with E-state index >= 15 is 0 Å². The van der Waals surface area contributed by atoms with Crippen LogP contribution in [-0.4, -0.2) is 30.1 Å². The summed E-state index contributed by atoms with van der Waals surface area (Å²) in [5, 5.41) is 0. The van der Waals surface area contributed by atoms with Crippen molar-refractivity contribution < 1.29 is 0 Å². The van der Waals surface area contributed by atoms with Crippen LogP contribution in [0.5, 0.6) is 0 Å². The molecule has 0 aromatic heterocycles. The summed E-state index contributed by atoms with van der Waals surface area (Å²) in [5.74, 6) is 1.72. The van der Waals surface area contributed by atoms with E-state index in [1.807, 2.05) is 0 Å². The van der Waals surface area contributed by atoms with Crippen molar-refractivity contribution in [3.05, 3.63) is 0 Å².